The van der Waals surface area contributed by atoms with Crippen molar-refractivity contribution in [3.63, 3.8) is 0 Å². The van der Waals surface area contributed by atoms with E-state index in [4.69, 9.17) is 0 Å². The summed E-state index contributed by atoms with van der Waals surface area (Å²) in [6.07, 6.45) is 6.87. The first-order chi connectivity index (χ1) is 6.40. The van der Waals surface area contributed by atoms with Crippen LogP contribution in [0.25, 0.3) is 0 Å². The largest absolute Gasteiger partial charge is 0.353 e. The number of thiophene rings is 1. The van der Waals surface area contributed by atoms with Gasteiger partial charge in [0.05, 0.1) is 6.34 Å². The molecule has 0 fully saturated rings. The molecule has 0 amide bonds. The number of hydrogen-bond donors (Lipinski definition) is 1. The zero-order valence-corrected chi connectivity index (χ0v) is 8.34. The zero-order valence-electron chi connectivity index (χ0n) is 7.53. The van der Waals surface area contributed by atoms with Gasteiger partial charge in [-0.1, -0.05) is 6.92 Å². The Balaban J connectivity index is 2.19. The van der Waals surface area contributed by atoms with Crippen LogP contribution in [0.1, 0.15) is 22.7 Å². The van der Waals surface area contributed by atoms with Gasteiger partial charge in [0, 0.05) is 16.0 Å². The Morgan fingerprint density at radius 2 is 2.46 bits per heavy atom. The lowest BCUT2D eigenvalue weighted by atomic mass is 10.2. The second-order valence-electron chi connectivity index (χ2n) is 2.91. The topological polar surface area (TPSA) is 24.4 Å². The van der Waals surface area contributed by atoms with Gasteiger partial charge < -0.3 is 5.32 Å². The third-order valence-corrected chi connectivity index (χ3v) is 3.31. The molecule has 13 heavy (non-hydrogen) atoms. The minimum Gasteiger partial charge on any atom is -0.353 e. The van der Waals surface area contributed by atoms with Crippen LogP contribution in [0.5, 0.6) is 0 Å². The molecular formula is C10H12N2S. The van der Waals surface area contributed by atoms with Gasteiger partial charge in [0.25, 0.3) is 0 Å². The van der Waals surface area contributed by atoms with Crippen molar-refractivity contribution in [1.82, 2.24) is 5.32 Å². The SMILES string of the molecule is CCc1ccc([C@@H]2C=CNC=N2)s1. The van der Waals surface area contributed by atoms with Crippen LogP contribution in [0.4, 0.5) is 0 Å². The molecule has 0 unspecified atom stereocenters. The van der Waals surface area contributed by atoms with Crippen molar-refractivity contribution in [2.24, 2.45) is 4.99 Å². The first-order valence-electron chi connectivity index (χ1n) is 4.43. The van der Waals surface area contributed by atoms with Crippen LogP contribution < -0.4 is 5.32 Å². The molecule has 0 radical (unpaired) electrons. The van der Waals surface area contributed by atoms with Crippen LogP contribution in [-0.2, 0) is 6.42 Å². The summed E-state index contributed by atoms with van der Waals surface area (Å²) in [4.78, 5) is 7.09. The van der Waals surface area contributed by atoms with Crippen LogP contribution in [0.2, 0.25) is 0 Å². The molecule has 3 heteroatoms. The Labute approximate surface area is 82.0 Å². The summed E-state index contributed by atoms with van der Waals surface area (Å²) < 4.78 is 0. The van der Waals surface area contributed by atoms with Gasteiger partial charge in [0.1, 0.15) is 6.04 Å². The average Bonchev–Trinajstić information content (AvgIpc) is 2.67. The Hall–Kier alpha value is -1.09. The minimum atomic E-state index is 0.228. The average molecular weight is 192 g/mol. The summed E-state index contributed by atoms with van der Waals surface area (Å²) in [5, 5.41) is 2.94. The minimum absolute atomic E-state index is 0.228. The molecule has 2 nitrogen and oxygen atoms in total. The molecule has 1 aromatic heterocycles. The number of aliphatic imine (C=N–C) groups is 1. The second kappa shape index (κ2) is 3.75. The van der Waals surface area contributed by atoms with Crippen molar-refractivity contribution in [3.05, 3.63) is 34.2 Å². The molecular weight excluding hydrogens is 180 g/mol. The first kappa shape index (κ1) is 8.51. The lowest BCUT2D eigenvalue weighted by Gasteiger charge is -2.08. The summed E-state index contributed by atoms with van der Waals surface area (Å²) in [7, 11) is 0. The second-order valence-corrected chi connectivity index (χ2v) is 4.11. The first-order valence-corrected chi connectivity index (χ1v) is 5.25. The molecule has 2 rings (SSSR count). The summed E-state index contributed by atoms with van der Waals surface area (Å²) in [6.45, 7) is 2.18. The Morgan fingerprint density at radius 1 is 1.54 bits per heavy atom. The molecule has 1 aliphatic heterocycles. The van der Waals surface area contributed by atoms with E-state index in [1.807, 2.05) is 17.5 Å². The van der Waals surface area contributed by atoms with Crippen LogP contribution in [0.3, 0.4) is 0 Å². The zero-order chi connectivity index (χ0) is 9.10. The van der Waals surface area contributed by atoms with Gasteiger partial charge in [-0.3, -0.25) is 4.99 Å². The molecule has 2 heterocycles. The fraction of sp³-hybridized carbons (Fsp3) is 0.300. The smallest absolute Gasteiger partial charge is 0.106 e. The van der Waals surface area contributed by atoms with E-state index < -0.39 is 0 Å². The molecule has 0 aromatic carbocycles. The van der Waals surface area contributed by atoms with Gasteiger partial charge in [0.2, 0.25) is 0 Å². The lowest BCUT2D eigenvalue weighted by molar-refractivity contribution is 0.905. The van der Waals surface area contributed by atoms with E-state index in [-0.39, 0.29) is 6.04 Å². The van der Waals surface area contributed by atoms with E-state index in [0.717, 1.165) is 6.42 Å². The summed E-state index contributed by atoms with van der Waals surface area (Å²) in [6, 6.07) is 4.58. The lowest BCUT2D eigenvalue weighted by Crippen LogP contribution is -2.07. The highest BCUT2D eigenvalue weighted by Crippen LogP contribution is 2.27. The third kappa shape index (κ3) is 1.80. The highest BCUT2D eigenvalue weighted by atomic mass is 32.1. The van der Waals surface area contributed by atoms with Crippen LogP contribution >= 0.6 is 11.3 Å². The van der Waals surface area contributed by atoms with Crippen molar-refractivity contribution in [2.75, 3.05) is 0 Å². The van der Waals surface area contributed by atoms with Gasteiger partial charge in [-0.05, 0) is 24.6 Å². The van der Waals surface area contributed by atoms with Crippen LogP contribution in [0.15, 0.2) is 29.4 Å². The van der Waals surface area contributed by atoms with E-state index in [1.165, 1.54) is 9.75 Å². The number of nitrogens with zero attached hydrogens (tertiary/aromatic N) is 1. The third-order valence-electron chi connectivity index (χ3n) is 2.01. The standard InChI is InChI=1S/C10H12N2S/c1-2-8-3-4-10(13-8)9-5-6-11-7-12-9/h3-7,9H,2H2,1H3,(H,11,12)/t9-/m0/s1. The predicted octanol–water partition coefficient (Wildman–Crippen LogP) is 2.50. The molecule has 0 bridgehead atoms. The maximum absolute atomic E-state index is 4.33. The fourth-order valence-electron chi connectivity index (χ4n) is 1.27. The van der Waals surface area contributed by atoms with Crippen molar-refractivity contribution in [3.8, 4) is 0 Å². The number of hydrogen-bond acceptors (Lipinski definition) is 3. The molecule has 0 aliphatic carbocycles. The Morgan fingerprint density at radius 3 is 3.08 bits per heavy atom. The van der Waals surface area contributed by atoms with Crippen molar-refractivity contribution < 1.29 is 0 Å². The van der Waals surface area contributed by atoms with Gasteiger partial charge >= 0.3 is 0 Å². The Kier molecular flexibility index (Phi) is 2.45. The maximum atomic E-state index is 4.33. The van der Waals surface area contributed by atoms with Crippen molar-refractivity contribution in [1.29, 1.82) is 0 Å². The number of aryl methyl sites for hydroxylation is 1. The highest BCUT2D eigenvalue weighted by molar-refractivity contribution is 7.12. The number of nitrogens with one attached hydrogen (secondary N) is 1. The number of rotatable bonds is 2. The van der Waals surface area contributed by atoms with E-state index in [2.05, 4.69) is 35.4 Å². The van der Waals surface area contributed by atoms with Crippen LogP contribution in [0, 0.1) is 0 Å². The van der Waals surface area contributed by atoms with Gasteiger partial charge in [0.15, 0.2) is 0 Å². The van der Waals surface area contributed by atoms with Crippen molar-refractivity contribution >= 4 is 17.7 Å². The van der Waals surface area contributed by atoms with Gasteiger partial charge in [-0.25, -0.2) is 0 Å². The molecule has 1 atom stereocenters. The fourth-order valence-corrected chi connectivity index (χ4v) is 2.25. The molecule has 0 saturated heterocycles. The predicted molar refractivity (Wildman–Crippen MR) is 57.2 cm³/mol. The quantitative estimate of drug-likeness (QED) is 0.765. The van der Waals surface area contributed by atoms with Gasteiger partial charge in [-0.2, -0.15) is 0 Å². The van der Waals surface area contributed by atoms with E-state index in [0.29, 0.717) is 0 Å². The molecule has 0 saturated carbocycles. The molecule has 1 aromatic rings. The summed E-state index contributed by atoms with van der Waals surface area (Å²) in [5.41, 5.74) is 0. The highest BCUT2D eigenvalue weighted by Gasteiger charge is 2.09. The summed E-state index contributed by atoms with van der Waals surface area (Å²) in [5.74, 6) is 0. The summed E-state index contributed by atoms with van der Waals surface area (Å²) >= 11 is 1.85. The normalized spacial score (nSPS) is 20.2. The molecule has 0 spiro atoms. The van der Waals surface area contributed by atoms with E-state index >= 15 is 0 Å². The maximum Gasteiger partial charge on any atom is 0.106 e. The van der Waals surface area contributed by atoms with Gasteiger partial charge in [-0.15, -0.1) is 11.3 Å². The van der Waals surface area contributed by atoms with E-state index in [9.17, 15) is 0 Å². The van der Waals surface area contributed by atoms with Crippen molar-refractivity contribution in [2.45, 2.75) is 19.4 Å². The van der Waals surface area contributed by atoms with E-state index in [1.54, 1.807) is 6.34 Å². The Bertz CT molecular complexity index is 326. The molecule has 1 aliphatic rings. The molecule has 1 N–H and O–H groups in total. The van der Waals surface area contributed by atoms with Crippen LogP contribution in [-0.4, -0.2) is 6.34 Å². The monoisotopic (exact) mass is 192 g/mol. The molecule has 68 valence electrons.